The van der Waals surface area contributed by atoms with E-state index >= 15 is 0 Å². The van der Waals surface area contributed by atoms with Crippen LogP contribution in [0.25, 0.3) is 0 Å². The molecule has 2 heterocycles. The molecule has 0 aliphatic heterocycles. The van der Waals surface area contributed by atoms with E-state index in [0.717, 1.165) is 5.69 Å². The molecule has 1 atom stereocenters. The third-order valence-electron chi connectivity index (χ3n) is 3.55. The number of aromatic nitrogens is 3. The monoisotopic (exact) mass is 357 g/mol. The van der Waals surface area contributed by atoms with E-state index in [4.69, 9.17) is 11.5 Å². The number of carbonyl (C=O) groups is 2. The van der Waals surface area contributed by atoms with Gasteiger partial charge in [0.15, 0.2) is 11.5 Å². The molecular formula is C17H23N7O2. The summed E-state index contributed by atoms with van der Waals surface area (Å²) in [6.07, 6.45) is 3.49. The molecule has 2 amide bonds. The highest BCUT2D eigenvalue weighted by molar-refractivity contribution is 5.96. The Kier molecular flexibility index (Phi) is 6.05. The third kappa shape index (κ3) is 5.13. The zero-order valence-corrected chi connectivity index (χ0v) is 15.0. The highest BCUT2D eigenvalue weighted by Crippen LogP contribution is 2.20. The SMILES string of the molecule is Cc1ccc(Nc2nc(NC(CC(C)C)C(N)=O)cnc2C(N)=O)cn1. The van der Waals surface area contributed by atoms with Crippen LogP contribution in [0.2, 0.25) is 0 Å². The van der Waals surface area contributed by atoms with Crippen LogP contribution >= 0.6 is 0 Å². The summed E-state index contributed by atoms with van der Waals surface area (Å²) in [5, 5.41) is 5.93. The summed E-state index contributed by atoms with van der Waals surface area (Å²) < 4.78 is 0. The van der Waals surface area contributed by atoms with Gasteiger partial charge < -0.3 is 22.1 Å². The molecule has 9 heteroatoms. The van der Waals surface area contributed by atoms with Crippen LogP contribution in [0.4, 0.5) is 17.3 Å². The zero-order chi connectivity index (χ0) is 19.3. The van der Waals surface area contributed by atoms with Gasteiger partial charge in [-0.05, 0) is 31.4 Å². The van der Waals surface area contributed by atoms with Crippen molar-refractivity contribution in [2.75, 3.05) is 10.6 Å². The van der Waals surface area contributed by atoms with Gasteiger partial charge in [0.2, 0.25) is 5.91 Å². The van der Waals surface area contributed by atoms with Gasteiger partial charge in [-0.3, -0.25) is 14.6 Å². The summed E-state index contributed by atoms with van der Waals surface area (Å²) in [5.74, 6) is -0.478. The van der Waals surface area contributed by atoms with Crippen molar-refractivity contribution in [2.24, 2.45) is 17.4 Å². The van der Waals surface area contributed by atoms with Gasteiger partial charge in [-0.25, -0.2) is 9.97 Å². The second-order valence-electron chi connectivity index (χ2n) is 6.36. The summed E-state index contributed by atoms with van der Waals surface area (Å²) in [5.41, 5.74) is 12.3. The third-order valence-corrected chi connectivity index (χ3v) is 3.55. The second kappa shape index (κ2) is 8.24. The minimum Gasteiger partial charge on any atom is -0.368 e. The molecule has 138 valence electrons. The molecule has 0 spiro atoms. The Labute approximate surface area is 151 Å². The number of pyridine rings is 1. The number of aryl methyl sites for hydroxylation is 1. The molecule has 0 radical (unpaired) electrons. The van der Waals surface area contributed by atoms with Gasteiger partial charge in [0.05, 0.1) is 18.1 Å². The van der Waals surface area contributed by atoms with E-state index in [1.54, 1.807) is 12.3 Å². The lowest BCUT2D eigenvalue weighted by molar-refractivity contribution is -0.119. The normalized spacial score (nSPS) is 11.8. The number of hydrogen-bond acceptors (Lipinski definition) is 7. The highest BCUT2D eigenvalue weighted by Gasteiger charge is 2.19. The number of rotatable bonds is 8. The zero-order valence-electron chi connectivity index (χ0n) is 15.0. The Bertz CT molecular complexity index is 790. The van der Waals surface area contributed by atoms with Crippen molar-refractivity contribution < 1.29 is 9.59 Å². The maximum absolute atomic E-state index is 11.6. The first-order chi connectivity index (χ1) is 12.3. The molecule has 0 saturated carbocycles. The van der Waals surface area contributed by atoms with Crippen molar-refractivity contribution in [3.8, 4) is 0 Å². The molecule has 1 unspecified atom stereocenters. The number of nitrogens with zero attached hydrogens (tertiary/aromatic N) is 3. The van der Waals surface area contributed by atoms with Crippen molar-refractivity contribution in [2.45, 2.75) is 33.2 Å². The lowest BCUT2D eigenvalue weighted by atomic mass is 10.0. The number of nitrogens with two attached hydrogens (primary N) is 2. The second-order valence-corrected chi connectivity index (χ2v) is 6.36. The van der Waals surface area contributed by atoms with Gasteiger partial charge in [-0.1, -0.05) is 13.8 Å². The number of nitrogens with one attached hydrogen (secondary N) is 2. The Morgan fingerprint density at radius 3 is 2.42 bits per heavy atom. The van der Waals surface area contributed by atoms with Crippen LogP contribution in [0.15, 0.2) is 24.5 Å². The molecular weight excluding hydrogens is 334 g/mol. The van der Waals surface area contributed by atoms with E-state index in [1.165, 1.54) is 6.20 Å². The maximum Gasteiger partial charge on any atom is 0.271 e. The standard InChI is InChI=1S/C17H23N7O2/c1-9(2)6-12(15(18)25)23-13-8-21-14(16(19)26)17(24-13)22-11-5-4-10(3)20-7-11/h4-5,7-9,12H,6H2,1-3H3,(H2,18,25)(H2,19,26)(H2,22,23,24). The van der Waals surface area contributed by atoms with E-state index in [9.17, 15) is 9.59 Å². The van der Waals surface area contributed by atoms with Crippen molar-refractivity contribution >= 4 is 29.1 Å². The van der Waals surface area contributed by atoms with Crippen molar-refractivity contribution in [3.05, 3.63) is 35.9 Å². The molecule has 6 N–H and O–H groups in total. The Hall–Kier alpha value is -3.23. The fourth-order valence-corrected chi connectivity index (χ4v) is 2.30. The average molecular weight is 357 g/mol. The Balaban J connectivity index is 2.30. The molecule has 0 aromatic carbocycles. The quantitative estimate of drug-likeness (QED) is 0.557. The fourth-order valence-electron chi connectivity index (χ4n) is 2.30. The number of hydrogen-bond donors (Lipinski definition) is 4. The number of anilines is 3. The van der Waals surface area contributed by atoms with Crippen LogP contribution < -0.4 is 22.1 Å². The first-order valence-corrected chi connectivity index (χ1v) is 8.18. The molecule has 2 rings (SSSR count). The maximum atomic E-state index is 11.6. The average Bonchev–Trinajstić information content (AvgIpc) is 2.56. The summed E-state index contributed by atoms with van der Waals surface area (Å²) >= 11 is 0. The first-order valence-electron chi connectivity index (χ1n) is 8.18. The Morgan fingerprint density at radius 2 is 1.88 bits per heavy atom. The van der Waals surface area contributed by atoms with Gasteiger partial charge in [0, 0.05) is 5.69 Å². The van der Waals surface area contributed by atoms with E-state index in [-0.39, 0.29) is 17.4 Å². The predicted octanol–water partition coefficient (Wildman–Crippen LogP) is 1.33. The molecule has 0 saturated heterocycles. The fraction of sp³-hybridized carbons (Fsp3) is 0.353. The van der Waals surface area contributed by atoms with Crippen LogP contribution in [-0.2, 0) is 4.79 Å². The van der Waals surface area contributed by atoms with Crippen molar-refractivity contribution in [3.63, 3.8) is 0 Å². The van der Waals surface area contributed by atoms with Crippen LogP contribution in [0.3, 0.4) is 0 Å². The van der Waals surface area contributed by atoms with Gasteiger partial charge in [-0.2, -0.15) is 0 Å². The van der Waals surface area contributed by atoms with E-state index in [0.29, 0.717) is 17.9 Å². The van der Waals surface area contributed by atoms with Gasteiger partial charge in [-0.15, -0.1) is 0 Å². The minimum atomic E-state index is -0.722. The minimum absolute atomic E-state index is 0.0180. The van der Waals surface area contributed by atoms with Gasteiger partial charge >= 0.3 is 0 Å². The molecule has 0 bridgehead atoms. The van der Waals surface area contributed by atoms with Gasteiger partial charge in [0.25, 0.3) is 5.91 Å². The van der Waals surface area contributed by atoms with E-state index in [2.05, 4.69) is 25.6 Å². The molecule has 0 aliphatic rings. The van der Waals surface area contributed by atoms with Crippen molar-refractivity contribution in [1.29, 1.82) is 0 Å². The molecule has 0 aliphatic carbocycles. The van der Waals surface area contributed by atoms with Crippen LogP contribution in [0.1, 0.15) is 36.5 Å². The summed E-state index contributed by atoms with van der Waals surface area (Å²) in [6.45, 7) is 5.83. The first kappa shape index (κ1) is 19.1. The molecule has 2 aromatic heterocycles. The Morgan fingerprint density at radius 1 is 1.15 bits per heavy atom. The lowest BCUT2D eigenvalue weighted by Crippen LogP contribution is -2.37. The highest BCUT2D eigenvalue weighted by atomic mass is 16.1. The summed E-state index contributed by atoms with van der Waals surface area (Å²) in [6, 6.07) is 3.01. The van der Waals surface area contributed by atoms with Gasteiger partial charge in [0.1, 0.15) is 11.9 Å². The number of amides is 2. The molecule has 26 heavy (non-hydrogen) atoms. The topological polar surface area (TPSA) is 149 Å². The smallest absolute Gasteiger partial charge is 0.271 e. The van der Waals surface area contributed by atoms with E-state index in [1.807, 2.05) is 26.8 Å². The predicted molar refractivity (Wildman–Crippen MR) is 98.9 cm³/mol. The largest absolute Gasteiger partial charge is 0.368 e. The lowest BCUT2D eigenvalue weighted by Gasteiger charge is -2.18. The number of primary amides is 2. The van der Waals surface area contributed by atoms with Crippen LogP contribution in [0.5, 0.6) is 0 Å². The van der Waals surface area contributed by atoms with Crippen LogP contribution in [0, 0.1) is 12.8 Å². The molecule has 9 nitrogen and oxygen atoms in total. The number of carbonyl (C=O) groups excluding carboxylic acids is 2. The van der Waals surface area contributed by atoms with E-state index < -0.39 is 17.9 Å². The van der Waals surface area contributed by atoms with Crippen molar-refractivity contribution in [1.82, 2.24) is 15.0 Å². The summed E-state index contributed by atoms with van der Waals surface area (Å²) in [7, 11) is 0. The van der Waals surface area contributed by atoms with Crippen LogP contribution in [-0.4, -0.2) is 32.8 Å². The summed E-state index contributed by atoms with van der Waals surface area (Å²) in [4.78, 5) is 35.8. The molecule has 2 aromatic rings. The molecule has 0 fully saturated rings.